The molecule has 0 spiro atoms. The average molecular weight is 250 g/mol. The first-order chi connectivity index (χ1) is 8.78. The Hall–Kier alpha value is -1.01. The van der Waals surface area contributed by atoms with Crippen molar-refractivity contribution in [3.63, 3.8) is 0 Å². The fourth-order valence-corrected chi connectivity index (χ4v) is 2.25. The van der Waals surface area contributed by atoms with E-state index in [2.05, 4.69) is 26.9 Å². The lowest BCUT2D eigenvalue weighted by molar-refractivity contribution is 0.0739. The molecule has 5 heteroatoms. The second-order valence-corrected chi connectivity index (χ2v) is 4.82. The summed E-state index contributed by atoms with van der Waals surface area (Å²) in [7, 11) is 0. The highest BCUT2D eigenvalue weighted by molar-refractivity contribution is 5.09. The number of β-amino-alcohol motifs (C(OH)–C–C–N with tert-alkyl or cyclic N) is 1. The van der Waals surface area contributed by atoms with E-state index in [1.807, 2.05) is 12.4 Å². The molecular formula is C13H22N4O. The standard InChI is InChI=1S/C13H22N4O/c14-9-13(18)11-17-7-5-16(6-8-17)10-12-1-3-15-4-2-12/h1-4,13,18H,5-11,14H2. The highest BCUT2D eigenvalue weighted by atomic mass is 16.3. The molecule has 1 fully saturated rings. The van der Waals surface area contributed by atoms with Crippen molar-refractivity contribution >= 4 is 0 Å². The third kappa shape index (κ3) is 4.03. The van der Waals surface area contributed by atoms with E-state index in [0.29, 0.717) is 13.1 Å². The highest BCUT2D eigenvalue weighted by Gasteiger charge is 2.18. The van der Waals surface area contributed by atoms with Crippen molar-refractivity contribution in [1.29, 1.82) is 0 Å². The quantitative estimate of drug-likeness (QED) is 0.739. The van der Waals surface area contributed by atoms with Crippen LogP contribution >= 0.6 is 0 Å². The van der Waals surface area contributed by atoms with E-state index in [9.17, 15) is 5.11 Å². The Balaban J connectivity index is 1.73. The molecule has 1 aromatic rings. The number of aromatic nitrogens is 1. The largest absolute Gasteiger partial charge is 0.390 e. The van der Waals surface area contributed by atoms with E-state index in [1.54, 1.807) is 0 Å². The van der Waals surface area contributed by atoms with Gasteiger partial charge in [0.2, 0.25) is 0 Å². The molecule has 0 aliphatic carbocycles. The summed E-state index contributed by atoms with van der Waals surface area (Å²) < 4.78 is 0. The minimum atomic E-state index is -0.392. The Morgan fingerprint density at radius 1 is 1.17 bits per heavy atom. The first kappa shape index (κ1) is 13.4. The molecule has 2 rings (SSSR count). The summed E-state index contributed by atoms with van der Waals surface area (Å²) in [4.78, 5) is 8.74. The zero-order chi connectivity index (χ0) is 12.8. The maximum atomic E-state index is 9.52. The highest BCUT2D eigenvalue weighted by Crippen LogP contribution is 2.07. The Bertz CT molecular complexity index is 338. The van der Waals surface area contributed by atoms with E-state index in [1.165, 1.54) is 5.56 Å². The van der Waals surface area contributed by atoms with Gasteiger partial charge in [0.15, 0.2) is 0 Å². The van der Waals surface area contributed by atoms with Crippen molar-refractivity contribution in [3.05, 3.63) is 30.1 Å². The summed E-state index contributed by atoms with van der Waals surface area (Å²) in [5, 5.41) is 9.52. The molecule has 1 aliphatic heterocycles. The van der Waals surface area contributed by atoms with Gasteiger partial charge < -0.3 is 10.8 Å². The molecule has 1 unspecified atom stereocenters. The molecule has 0 aromatic carbocycles. The molecule has 18 heavy (non-hydrogen) atoms. The molecule has 1 atom stereocenters. The molecule has 100 valence electrons. The van der Waals surface area contributed by atoms with E-state index < -0.39 is 6.10 Å². The number of pyridine rings is 1. The Labute approximate surface area is 108 Å². The fourth-order valence-electron chi connectivity index (χ4n) is 2.25. The van der Waals surface area contributed by atoms with Crippen LogP contribution in [0.5, 0.6) is 0 Å². The minimum absolute atomic E-state index is 0.344. The number of aliphatic hydroxyl groups excluding tert-OH is 1. The molecule has 0 radical (unpaired) electrons. The van der Waals surface area contributed by atoms with Gasteiger partial charge in [0.1, 0.15) is 0 Å². The number of hydrogen-bond acceptors (Lipinski definition) is 5. The van der Waals surface area contributed by atoms with Crippen LogP contribution in [0.25, 0.3) is 0 Å². The van der Waals surface area contributed by atoms with Gasteiger partial charge in [-0.1, -0.05) is 0 Å². The third-order valence-corrected chi connectivity index (χ3v) is 3.36. The Morgan fingerprint density at radius 2 is 1.78 bits per heavy atom. The van der Waals surface area contributed by atoms with Crippen LogP contribution in [-0.4, -0.2) is 65.3 Å². The molecule has 0 bridgehead atoms. The molecule has 1 aliphatic rings. The first-order valence-corrected chi connectivity index (χ1v) is 6.49. The van der Waals surface area contributed by atoms with Crippen LogP contribution < -0.4 is 5.73 Å². The van der Waals surface area contributed by atoms with Gasteiger partial charge >= 0.3 is 0 Å². The second kappa shape index (κ2) is 6.80. The fraction of sp³-hybridized carbons (Fsp3) is 0.615. The van der Waals surface area contributed by atoms with Gasteiger partial charge in [0.25, 0.3) is 0 Å². The Kier molecular flexibility index (Phi) is 5.07. The van der Waals surface area contributed by atoms with Gasteiger partial charge in [-0.3, -0.25) is 14.8 Å². The molecule has 1 saturated heterocycles. The second-order valence-electron chi connectivity index (χ2n) is 4.82. The van der Waals surface area contributed by atoms with Crippen LogP contribution in [0.4, 0.5) is 0 Å². The molecule has 5 nitrogen and oxygen atoms in total. The van der Waals surface area contributed by atoms with E-state index in [0.717, 1.165) is 32.7 Å². The maximum Gasteiger partial charge on any atom is 0.0789 e. The molecule has 0 amide bonds. The van der Waals surface area contributed by atoms with E-state index >= 15 is 0 Å². The van der Waals surface area contributed by atoms with Crippen molar-refractivity contribution in [2.24, 2.45) is 5.73 Å². The zero-order valence-electron chi connectivity index (χ0n) is 10.7. The van der Waals surface area contributed by atoms with Gasteiger partial charge in [-0.25, -0.2) is 0 Å². The summed E-state index contributed by atoms with van der Waals surface area (Å²) in [6, 6.07) is 4.12. The number of rotatable bonds is 5. The predicted molar refractivity (Wildman–Crippen MR) is 71.0 cm³/mol. The SMILES string of the molecule is NCC(O)CN1CCN(Cc2ccncc2)CC1. The smallest absolute Gasteiger partial charge is 0.0789 e. The lowest BCUT2D eigenvalue weighted by Gasteiger charge is -2.35. The third-order valence-electron chi connectivity index (χ3n) is 3.36. The van der Waals surface area contributed by atoms with Crippen molar-refractivity contribution < 1.29 is 5.11 Å². The summed E-state index contributed by atoms with van der Waals surface area (Å²) in [5.74, 6) is 0. The van der Waals surface area contributed by atoms with Crippen molar-refractivity contribution in [3.8, 4) is 0 Å². The van der Waals surface area contributed by atoms with Crippen LogP contribution in [0.2, 0.25) is 0 Å². The lowest BCUT2D eigenvalue weighted by Crippen LogP contribution is -2.49. The van der Waals surface area contributed by atoms with Gasteiger partial charge in [-0.05, 0) is 17.7 Å². The van der Waals surface area contributed by atoms with Crippen molar-refractivity contribution in [2.75, 3.05) is 39.3 Å². The number of aliphatic hydroxyl groups is 1. The molecule has 1 aromatic heterocycles. The topological polar surface area (TPSA) is 65.6 Å². The van der Waals surface area contributed by atoms with E-state index in [4.69, 9.17) is 5.73 Å². The number of nitrogens with two attached hydrogens (primary N) is 1. The predicted octanol–water partition coefficient (Wildman–Crippen LogP) is -0.481. The monoisotopic (exact) mass is 250 g/mol. The maximum absolute atomic E-state index is 9.52. The lowest BCUT2D eigenvalue weighted by atomic mass is 10.2. The Morgan fingerprint density at radius 3 is 2.39 bits per heavy atom. The molecular weight excluding hydrogens is 228 g/mol. The van der Waals surface area contributed by atoms with Crippen LogP contribution in [0.3, 0.4) is 0 Å². The molecule has 0 saturated carbocycles. The summed E-state index contributed by atoms with van der Waals surface area (Å²) >= 11 is 0. The van der Waals surface area contributed by atoms with Gasteiger partial charge in [-0.15, -0.1) is 0 Å². The van der Waals surface area contributed by atoms with Gasteiger partial charge in [0, 0.05) is 58.2 Å². The van der Waals surface area contributed by atoms with Crippen LogP contribution in [0.1, 0.15) is 5.56 Å². The van der Waals surface area contributed by atoms with E-state index in [-0.39, 0.29) is 0 Å². The summed E-state index contributed by atoms with van der Waals surface area (Å²) in [5.41, 5.74) is 6.73. The molecule has 2 heterocycles. The van der Waals surface area contributed by atoms with Gasteiger partial charge in [-0.2, -0.15) is 0 Å². The minimum Gasteiger partial charge on any atom is -0.390 e. The van der Waals surface area contributed by atoms with Crippen LogP contribution in [-0.2, 0) is 6.54 Å². The summed E-state index contributed by atoms with van der Waals surface area (Å²) in [6.07, 6.45) is 3.28. The average Bonchev–Trinajstić information content (AvgIpc) is 2.42. The number of nitrogens with zero attached hydrogens (tertiary/aromatic N) is 3. The number of hydrogen-bond donors (Lipinski definition) is 2. The van der Waals surface area contributed by atoms with Gasteiger partial charge in [0.05, 0.1) is 6.10 Å². The van der Waals surface area contributed by atoms with Crippen molar-refractivity contribution in [2.45, 2.75) is 12.6 Å². The normalized spacial score (nSPS) is 19.9. The van der Waals surface area contributed by atoms with Crippen molar-refractivity contribution in [1.82, 2.24) is 14.8 Å². The number of piperazine rings is 1. The zero-order valence-corrected chi connectivity index (χ0v) is 10.7. The summed E-state index contributed by atoms with van der Waals surface area (Å²) in [6.45, 7) is 6.11. The van der Waals surface area contributed by atoms with Crippen LogP contribution in [0, 0.1) is 0 Å². The van der Waals surface area contributed by atoms with Crippen LogP contribution in [0.15, 0.2) is 24.5 Å². The molecule has 3 N–H and O–H groups in total. The first-order valence-electron chi connectivity index (χ1n) is 6.49.